The molecule has 0 spiro atoms. The third kappa shape index (κ3) is 4.39. The quantitative estimate of drug-likeness (QED) is 0.602. The van der Waals surface area contributed by atoms with Crippen molar-refractivity contribution < 1.29 is 9.59 Å². The number of rotatable bonds is 5. The zero-order valence-electron chi connectivity index (χ0n) is 17.3. The minimum atomic E-state index is -0.439. The summed E-state index contributed by atoms with van der Waals surface area (Å²) < 4.78 is 0.929. The van der Waals surface area contributed by atoms with Gasteiger partial charge in [-0.1, -0.05) is 28.1 Å². The van der Waals surface area contributed by atoms with E-state index in [2.05, 4.69) is 25.9 Å². The van der Waals surface area contributed by atoms with E-state index in [0.717, 1.165) is 10.2 Å². The number of aromatic amines is 1. The predicted molar refractivity (Wildman–Crippen MR) is 123 cm³/mol. The first-order valence-corrected chi connectivity index (χ1v) is 11.0. The van der Waals surface area contributed by atoms with E-state index in [-0.39, 0.29) is 36.4 Å². The van der Waals surface area contributed by atoms with Crippen LogP contribution in [0.4, 0.5) is 5.69 Å². The number of benzene rings is 2. The summed E-state index contributed by atoms with van der Waals surface area (Å²) in [5.74, 6) is -0.189. The van der Waals surface area contributed by atoms with Gasteiger partial charge in [0.25, 0.3) is 5.56 Å². The standard InChI is InChI=1S/C23H23BrN4O3/c1-14(2)27(13-20-25-19-6-4-3-5-18(19)22(30)26-20)23(31)15-11-21(29)28(12-15)17-9-7-16(24)8-10-17/h3-10,14-15H,11-13H2,1-2H3,(H,25,26,30). The Hall–Kier alpha value is -3.00. The molecule has 1 aliphatic heterocycles. The molecule has 0 saturated carbocycles. The Morgan fingerprint density at radius 1 is 1.19 bits per heavy atom. The Morgan fingerprint density at radius 2 is 1.90 bits per heavy atom. The fraction of sp³-hybridized carbons (Fsp3) is 0.304. The highest BCUT2D eigenvalue weighted by atomic mass is 79.9. The van der Waals surface area contributed by atoms with Gasteiger partial charge in [0.1, 0.15) is 5.82 Å². The molecule has 1 saturated heterocycles. The Labute approximate surface area is 188 Å². The summed E-state index contributed by atoms with van der Waals surface area (Å²) in [6.45, 7) is 4.35. The summed E-state index contributed by atoms with van der Waals surface area (Å²) in [5.41, 5.74) is 1.14. The highest BCUT2D eigenvalue weighted by Crippen LogP contribution is 2.28. The number of para-hydroxylation sites is 1. The highest BCUT2D eigenvalue weighted by Gasteiger charge is 2.38. The van der Waals surface area contributed by atoms with Crippen LogP contribution >= 0.6 is 15.9 Å². The van der Waals surface area contributed by atoms with Crippen LogP contribution in [0, 0.1) is 5.92 Å². The maximum Gasteiger partial charge on any atom is 0.258 e. The lowest BCUT2D eigenvalue weighted by atomic mass is 10.1. The van der Waals surface area contributed by atoms with Crippen molar-refractivity contribution in [2.75, 3.05) is 11.4 Å². The molecule has 2 heterocycles. The molecule has 1 unspecified atom stereocenters. The van der Waals surface area contributed by atoms with Crippen LogP contribution in [0.25, 0.3) is 10.9 Å². The molecule has 2 aromatic carbocycles. The highest BCUT2D eigenvalue weighted by molar-refractivity contribution is 9.10. The zero-order valence-corrected chi connectivity index (χ0v) is 18.9. The van der Waals surface area contributed by atoms with Crippen molar-refractivity contribution >= 4 is 44.3 Å². The molecule has 31 heavy (non-hydrogen) atoms. The zero-order chi connectivity index (χ0) is 22.1. The molecule has 1 aliphatic rings. The predicted octanol–water partition coefficient (Wildman–Crippen LogP) is 3.48. The summed E-state index contributed by atoms with van der Waals surface area (Å²) >= 11 is 3.40. The lowest BCUT2D eigenvalue weighted by Crippen LogP contribution is -2.42. The molecule has 4 rings (SSSR count). The lowest BCUT2D eigenvalue weighted by molar-refractivity contribution is -0.138. The fourth-order valence-corrected chi connectivity index (χ4v) is 4.13. The maximum atomic E-state index is 13.3. The van der Waals surface area contributed by atoms with Crippen LogP contribution in [-0.2, 0) is 16.1 Å². The van der Waals surface area contributed by atoms with Gasteiger partial charge in [-0.2, -0.15) is 0 Å². The van der Waals surface area contributed by atoms with Gasteiger partial charge >= 0.3 is 0 Å². The third-order valence-electron chi connectivity index (χ3n) is 5.50. The van der Waals surface area contributed by atoms with Crippen molar-refractivity contribution in [1.29, 1.82) is 0 Å². The number of aromatic nitrogens is 2. The average molecular weight is 483 g/mol. The number of nitrogens with zero attached hydrogens (tertiary/aromatic N) is 3. The normalized spacial score (nSPS) is 16.3. The molecular formula is C23H23BrN4O3. The van der Waals surface area contributed by atoms with Crippen molar-refractivity contribution in [3.05, 3.63) is 69.2 Å². The van der Waals surface area contributed by atoms with Gasteiger partial charge in [0.2, 0.25) is 11.8 Å². The second-order valence-corrected chi connectivity index (χ2v) is 8.89. The first-order chi connectivity index (χ1) is 14.8. The van der Waals surface area contributed by atoms with Crippen molar-refractivity contribution in [3.8, 4) is 0 Å². The van der Waals surface area contributed by atoms with Crippen molar-refractivity contribution in [1.82, 2.24) is 14.9 Å². The summed E-state index contributed by atoms with van der Waals surface area (Å²) in [7, 11) is 0. The Bertz CT molecular complexity index is 1190. The van der Waals surface area contributed by atoms with E-state index in [0.29, 0.717) is 23.3 Å². The first kappa shape index (κ1) is 21.2. The van der Waals surface area contributed by atoms with Crippen LogP contribution in [0.2, 0.25) is 0 Å². The van der Waals surface area contributed by atoms with Gasteiger partial charge in [-0.3, -0.25) is 14.4 Å². The molecule has 8 heteroatoms. The van der Waals surface area contributed by atoms with E-state index in [1.807, 2.05) is 44.2 Å². The molecule has 3 aromatic rings. The second kappa shape index (κ2) is 8.63. The van der Waals surface area contributed by atoms with Gasteiger partial charge in [0.15, 0.2) is 0 Å². The van der Waals surface area contributed by atoms with Gasteiger partial charge in [-0.05, 0) is 50.2 Å². The van der Waals surface area contributed by atoms with E-state index in [9.17, 15) is 14.4 Å². The number of halogens is 1. The van der Waals surface area contributed by atoms with Gasteiger partial charge in [-0.25, -0.2) is 4.98 Å². The van der Waals surface area contributed by atoms with E-state index in [1.54, 1.807) is 28.0 Å². The number of carbonyl (C=O) groups is 2. The molecule has 1 fully saturated rings. The summed E-state index contributed by atoms with van der Waals surface area (Å²) in [6.07, 6.45) is 0.166. The number of amides is 2. The Balaban J connectivity index is 1.55. The van der Waals surface area contributed by atoms with E-state index >= 15 is 0 Å². The average Bonchev–Trinajstić information content (AvgIpc) is 3.13. The van der Waals surface area contributed by atoms with Crippen molar-refractivity contribution in [2.24, 2.45) is 5.92 Å². The molecule has 7 nitrogen and oxygen atoms in total. The van der Waals surface area contributed by atoms with Gasteiger partial charge in [0.05, 0.1) is 23.4 Å². The second-order valence-electron chi connectivity index (χ2n) is 7.97. The molecule has 0 bridgehead atoms. The molecule has 1 N–H and O–H groups in total. The number of carbonyl (C=O) groups excluding carboxylic acids is 2. The lowest BCUT2D eigenvalue weighted by Gasteiger charge is -2.29. The molecule has 1 atom stereocenters. The van der Waals surface area contributed by atoms with E-state index < -0.39 is 5.92 Å². The van der Waals surface area contributed by atoms with Crippen LogP contribution in [0.1, 0.15) is 26.1 Å². The minimum Gasteiger partial charge on any atom is -0.332 e. The Morgan fingerprint density at radius 3 is 2.61 bits per heavy atom. The number of nitrogens with one attached hydrogen (secondary N) is 1. The number of anilines is 1. The molecule has 2 amide bonds. The molecule has 1 aromatic heterocycles. The van der Waals surface area contributed by atoms with Crippen LogP contribution in [-0.4, -0.2) is 39.3 Å². The van der Waals surface area contributed by atoms with Crippen molar-refractivity contribution in [2.45, 2.75) is 32.9 Å². The van der Waals surface area contributed by atoms with Gasteiger partial charge in [0, 0.05) is 29.2 Å². The monoisotopic (exact) mass is 482 g/mol. The summed E-state index contributed by atoms with van der Waals surface area (Å²) in [4.78, 5) is 49.0. The fourth-order valence-electron chi connectivity index (χ4n) is 3.86. The van der Waals surface area contributed by atoms with Crippen LogP contribution in [0.3, 0.4) is 0 Å². The van der Waals surface area contributed by atoms with Crippen LogP contribution in [0.15, 0.2) is 57.8 Å². The largest absolute Gasteiger partial charge is 0.332 e. The number of fused-ring (bicyclic) bond motifs is 1. The molecular weight excluding hydrogens is 460 g/mol. The third-order valence-corrected chi connectivity index (χ3v) is 6.03. The SMILES string of the molecule is CC(C)N(Cc1nc2ccccc2c(=O)[nH]1)C(=O)C1CC(=O)N(c2ccc(Br)cc2)C1. The van der Waals surface area contributed by atoms with Gasteiger partial charge in [-0.15, -0.1) is 0 Å². The van der Waals surface area contributed by atoms with E-state index in [1.165, 1.54) is 0 Å². The first-order valence-electron chi connectivity index (χ1n) is 10.2. The maximum absolute atomic E-state index is 13.3. The van der Waals surface area contributed by atoms with Crippen molar-refractivity contribution in [3.63, 3.8) is 0 Å². The smallest absolute Gasteiger partial charge is 0.258 e. The summed E-state index contributed by atoms with van der Waals surface area (Å²) in [5, 5.41) is 0.514. The number of H-pyrrole nitrogens is 1. The van der Waals surface area contributed by atoms with Crippen LogP contribution < -0.4 is 10.5 Å². The number of hydrogen-bond donors (Lipinski definition) is 1. The Kier molecular flexibility index (Phi) is 5.91. The van der Waals surface area contributed by atoms with E-state index in [4.69, 9.17) is 0 Å². The topological polar surface area (TPSA) is 86.4 Å². The van der Waals surface area contributed by atoms with Crippen LogP contribution in [0.5, 0.6) is 0 Å². The molecule has 160 valence electrons. The minimum absolute atomic E-state index is 0.0679. The summed E-state index contributed by atoms with van der Waals surface area (Å²) in [6, 6.07) is 14.5. The van der Waals surface area contributed by atoms with Gasteiger partial charge < -0.3 is 14.8 Å². The molecule has 0 radical (unpaired) electrons. The molecule has 0 aliphatic carbocycles. The number of hydrogen-bond acceptors (Lipinski definition) is 4.